The van der Waals surface area contributed by atoms with Crippen molar-refractivity contribution in [3.8, 4) is 6.07 Å². The zero-order valence-electron chi connectivity index (χ0n) is 16.0. The Hall–Kier alpha value is -2.91. The number of nitriles is 1. The van der Waals surface area contributed by atoms with Crippen LogP contribution in [-0.4, -0.2) is 41.1 Å². The van der Waals surface area contributed by atoms with Crippen molar-refractivity contribution >= 4 is 34.1 Å². The highest BCUT2D eigenvalue weighted by molar-refractivity contribution is 6.35. The number of piperidine rings is 1. The third-order valence-corrected chi connectivity index (χ3v) is 6.27. The molecular formula is C22H21ClN6. The number of fused-ring (bicyclic) bond motifs is 1. The molecule has 5 rings (SSSR count). The number of pyridine rings is 1. The fraction of sp³-hybridized carbons (Fsp3) is 0.364. The molecule has 0 atom stereocenters. The van der Waals surface area contributed by atoms with Crippen molar-refractivity contribution in [2.75, 3.05) is 36.0 Å². The predicted molar refractivity (Wildman–Crippen MR) is 114 cm³/mol. The summed E-state index contributed by atoms with van der Waals surface area (Å²) in [6.45, 7) is 3.49. The van der Waals surface area contributed by atoms with E-state index in [2.05, 4.69) is 25.8 Å². The van der Waals surface area contributed by atoms with Gasteiger partial charge in [0.15, 0.2) is 5.82 Å². The lowest BCUT2D eigenvalue weighted by atomic mass is 9.94. The summed E-state index contributed by atoms with van der Waals surface area (Å²) in [4.78, 5) is 18.6. The molecular weight excluding hydrogens is 384 g/mol. The van der Waals surface area contributed by atoms with Crippen molar-refractivity contribution in [3.05, 3.63) is 53.4 Å². The molecule has 2 aliphatic rings. The van der Waals surface area contributed by atoms with E-state index in [4.69, 9.17) is 21.8 Å². The first-order valence-electron chi connectivity index (χ1n) is 9.98. The SMILES string of the molecule is N#CC1CCN(c2nccnc2C2CN(c3ccc4c(Cl)cccc4n3)C2)CC1. The van der Waals surface area contributed by atoms with E-state index in [9.17, 15) is 0 Å². The van der Waals surface area contributed by atoms with Gasteiger partial charge in [-0.3, -0.25) is 4.98 Å². The van der Waals surface area contributed by atoms with Gasteiger partial charge in [0.05, 0.1) is 17.3 Å². The van der Waals surface area contributed by atoms with Gasteiger partial charge in [0.1, 0.15) is 5.82 Å². The van der Waals surface area contributed by atoms with Crippen LogP contribution >= 0.6 is 11.6 Å². The standard InChI is InChI=1S/C22H21ClN6/c23-18-2-1-3-19-17(18)4-5-20(27-19)29-13-16(14-29)21-22(26-9-8-25-21)28-10-6-15(12-24)7-11-28/h1-5,8-9,15-16H,6-7,10-11,13-14H2. The van der Waals surface area contributed by atoms with E-state index in [1.807, 2.05) is 30.3 Å². The van der Waals surface area contributed by atoms with Gasteiger partial charge in [-0.15, -0.1) is 0 Å². The van der Waals surface area contributed by atoms with E-state index < -0.39 is 0 Å². The Morgan fingerprint density at radius 2 is 1.79 bits per heavy atom. The normalized spacial score (nSPS) is 17.9. The Bertz CT molecular complexity index is 1080. The van der Waals surface area contributed by atoms with Crippen molar-refractivity contribution in [2.45, 2.75) is 18.8 Å². The van der Waals surface area contributed by atoms with E-state index >= 15 is 0 Å². The fourth-order valence-electron chi connectivity index (χ4n) is 4.21. The summed E-state index contributed by atoms with van der Waals surface area (Å²) in [7, 11) is 0. The lowest BCUT2D eigenvalue weighted by Gasteiger charge is -2.41. The Morgan fingerprint density at radius 3 is 2.59 bits per heavy atom. The summed E-state index contributed by atoms with van der Waals surface area (Å²) >= 11 is 6.26. The van der Waals surface area contributed by atoms with E-state index in [-0.39, 0.29) is 5.92 Å². The van der Waals surface area contributed by atoms with Crippen LogP contribution in [0.5, 0.6) is 0 Å². The summed E-state index contributed by atoms with van der Waals surface area (Å²) in [6.07, 6.45) is 5.33. The van der Waals surface area contributed by atoms with Crippen LogP contribution in [0, 0.1) is 17.2 Å². The second-order valence-corrected chi connectivity index (χ2v) is 8.14. The highest BCUT2D eigenvalue weighted by atomic mass is 35.5. The maximum Gasteiger partial charge on any atom is 0.150 e. The van der Waals surface area contributed by atoms with Crippen molar-refractivity contribution in [1.29, 1.82) is 5.26 Å². The second kappa shape index (κ2) is 7.49. The number of anilines is 2. The molecule has 0 aliphatic carbocycles. The lowest BCUT2D eigenvalue weighted by Crippen LogP contribution is -2.47. The Labute approximate surface area is 174 Å². The smallest absolute Gasteiger partial charge is 0.150 e. The van der Waals surface area contributed by atoms with Crippen molar-refractivity contribution in [2.24, 2.45) is 5.92 Å². The molecule has 146 valence electrons. The van der Waals surface area contributed by atoms with Gasteiger partial charge < -0.3 is 9.80 Å². The lowest BCUT2D eigenvalue weighted by molar-refractivity contribution is 0.473. The van der Waals surface area contributed by atoms with E-state index in [0.29, 0.717) is 5.92 Å². The molecule has 1 aromatic carbocycles. The minimum absolute atomic E-state index is 0.165. The summed E-state index contributed by atoms with van der Waals surface area (Å²) in [5.41, 5.74) is 1.97. The number of hydrogen-bond donors (Lipinski definition) is 0. The molecule has 2 saturated heterocycles. The fourth-order valence-corrected chi connectivity index (χ4v) is 4.45. The van der Waals surface area contributed by atoms with Crippen LogP contribution in [0.15, 0.2) is 42.7 Å². The van der Waals surface area contributed by atoms with Crippen molar-refractivity contribution in [1.82, 2.24) is 15.0 Å². The molecule has 29 heavy (non-hydrogen) atoms. The molecule has 3 aromatic rings. The van der Waals surface area contributed by atoms with Crippen LogP contribution in [0.3, 0.4) is 0 Å². The first kappa shape index (κ1) is 18.1. The number of rotatable bonds is 3. The van der Waals surface area contributed by atoms with Gasteiger partial charge in [-0.1, -0.05) is 17.7 Å². The number of nitrogens with zero attached hydrogens (tertiary/aromatic N) is 6. The number of halogens is 1. The molecule has 4 heterocycles. The Balaban J connectivity index is 1.32. The minimum atomic E-state index is 0.165. The third-order valence-electron chi connectivity index (χ3n) is 5.94. The summed E-state index contributed by atoms with van der Waals surface area (Å²) in [5, 5.41) is 10.8. The predicted octanol–water partition coefficient (Wildman–Crippen LogP) is 4.02. The van der Waals surface area contributed by atoms with Gasteiger partial charge in [-0.25, -0.2) is 9.97 Å². The van der Waals surface area contributed by atoms with Crippen LogP contribution in [-0.2, 0) is 0 Å². The van der Waals surface area contributed by atoms with Gasteiger partial charge >= 0.3 is 0 Å². The monoisotopic (exact) mass is 404 g/mol. The van der Waals surface area contributed by atoms with Crippen LogP contribution in [0.1, 0.15) is 24.5 Å². The van der Waals surface area contributed by atoms with E-state index in [0.717, 1.165) is 72.3 Å². The molecule has 0 bridgehead atoms. The van der Waals surface area contributed by atoms with Gasteiger partial charge in [-0.2, -0.15) is 5.26 Å². The first-order chi connectivity index (χ1) is 14.2. The molecule has 0 unspecified atom stereocenters. The van der Waals surface area contributed by atoms with Crippen LogP contribution in [0.2, 0.25) is 5.02 Å². The van der Waals surface area contributed by atoms with Crippen molar-refractivity contribution < 1.29 is 0 Å². The molecule has 2 aromatic heterocycles. The van der Waals surface area contributed by atoms with Gasteiger partial charge in [-0.05, 0) is 37.1 Å². The zero-order chi connectivity index (χ0) is 19.8. The van der Waals surface area contributed by atoms with Crippen molar-refractivity contribution in [3.63, 3.8) is 0 Å². The minimum Gasteiger partial charge on any atom is -0.355 e. The number of hydrogen-bond acceptors (Lipinski definition) is 6. The Kier molecular flexibility index (Phi) is 4.69. The second-order valence-electron chi connectivity index (χ2n) is 7.73. The van der Waals surface area contributed by atoms with Gasteiger partial charge in [0.2, 0.25) is 0 Å². The topological polar surface area (TPSA) is 68.9 Å². The number of aromatic nitrogens is 3. The average Bonchev–Trinajstić information content (AvgIpc) is 2.73. The first-order valence-corrected chi connectivity index (χ1v) is 10.4. The maximum atomic E-state index is 9.14. The van der Waals surface area contributed by atoms with Crippen LogP contribution in [0.4, 0.5) is 11.6 Å². The van der Waals surface area contributed by atoms with Crippen LogP contribution < -0.4 is 9.80 Å². The molecule has 0 amide bonds. The quantitative estimate of drug-likeness (QED) is 0.656. The molecule has 0 radical (unpaired) electrons. The Morgan fingerprint density at radius 1 is 1.00 bits per heavy atom. The third kappa shape index (κ3) is 3.36. The molecule has 0 N–H and O–H groups in total. The van der Waals surface area contributed by atoms with E-state index in [1.54, 1.807) is 12.4 Å². The largest absolute Gasteiger partial charge is 0.355 e. The summed E-state index contributed by atoms with van der Waals surface area (Å²) < 4.78 is 0. The maximum absolute atomic E-state index is 9.14. The highest BCUT2D eigenvalue weighted by Gasteiger charge is 2.34. The molecule has 6 nitrogen and oxygen atoms in total. The van der Waals surface area contributed by atoms with Crippen LogP contribution in [0.25, 0.3) is 10.9 Å². The molecule has 2 fully saturated rings. The molecule has 7 heteroatoms. The average molecular weight is 405 g/mol. The molecule has 0 saturated carbocycles. The molecule has 2 aliphatic heterocycles. The number of benzene rings is 1. The summed E-state index contributed by atoms with van der Waals surface area (Å²) in [6, 6.07) is 12.3. The zero-order valence-corrected chi connectivity index (χ0v) is 16.8. The summed E-state index contributed by atoms with van der Waals surface area (Å²) in [5.74, 6) is 2.45. The molecule has 0 spiro atoms. The van der Waals surface area contributed by atoms with E-state index in [1.165, 1.54) is 0 Å². The highest BCUT2D eigenvalue weighted by Crippen LogP contribution is 2.35. The van der Waals surface area contributed by atoms with Gasteiger partial charge in [0, 0.05) is 60.8 Å². The van der Waals surface area contributed by atoms with Gasteiger partial charge in [0.25, 0.3) is 0 Å².